The van der Waals surface area contributed by atoms with Gasteiger partial charge in [0.25, 0.3) is 0 Å². The van der Waals surface area contributed by atoms with E-state index >= 15 is 0 Å². The second-order valence-electron chi connectivity index (χ2n) is 6.66. The van der Waals surface area contributed by atoms with Gasteiger partial charge in [-0.15, -0.1) is 0 Å². The minimum atomic E-state index is -0.405. The molecule has 0 saturated carbocycles. The van der Waals surface area contributed by atoms with Gasteiger partial charge < -0.3 is 15.5 Å². The quantitative estimate of drug-likeness (QED) is 0.892. The van der Waals surface area contributed by atoms with Crippen LogP contribution < -0.4 is 10.6 Å². The van der Waals surface area contributed by atoms with E-state index < -0.39 is 6.04 Å². The molecule has 4 rings (SSSR count). The number of nitrogens with zero attached hydrogens (tertiary/aromatic N) is 4. The molecule has 2 aromatic rings. The third kappa shape index (κ3) is 2.74. The Hall–Kier alpha value is -2.54. The average Bonchev–Trinajstić information content (AvgIpc) is 2.90. The number of aryl methyl sites for hydroxylation is 1. The molecule has 7 heteroatoms. The van der Waals surface area contributed by atoms with Gasteiger partial charge in [-0.05, 0) is 31.0 Å². The molecular formula is C18H20FN5O. The highest BCUT2D eigenvalue weighted by atomic mass is 19.1. The van der Waals surface area contributed by atoms with Crippen molar-refractivity contribution in [3.05, 3.63) is 41.8 Å². The van der Waals surface area contributed by atoms with Crippen molar-refractivity contribution in [2.75, 3.05) is 24.5 Å². The van der Waals surface area contributed by atoms with Crippen molar-refractivity contribution < 1.29 is 9.18 Å². The Labute approximate surface area is 145 Å². The van der Waals surface area contributed by atoms with Gasteiger partial charge in [0, 0.05) is 31.4 Å². The second-order valence-corrected chi connectivity index (χ2v) is 6.66. The van der Waals surface area contributed by atoms with E-state index in [4.69, 9.17) is 5.73 Å². The lowest BCUT2D eigenvalue weighted by molar-refractivity contribution is -0.130. The Morgan fingerprint density at radius 2 is 2.08 bits per heavy atom. The molecule has 2 saturated heterocycles. The van der Waals surface area contributed by atoms with Crippen LogP contribution in [-0.2, 0) is 4.79 Å². The van der Waals surface area contributed by atoms with E-state index in [0.29, 0.717) is 43.3 Å². The summed E-state index contributed by atoms with van der Waals surface area (Å²) in [4.78, 5) is 25.0. The smallest absolute Gasteiger partial charge is 0.239 e. The van der Waals surface area contributed by atoms with Crippen molar-refractivity contribution >= 4 is 11.9 Å². The molecule has 3 heterocycles. The summed E-state index contributed by atoms with van der Waals surface area (Å²) in [6.45, 7) is 3.79. The SMILES string of the molecule is Cc1cnc(N2CCN3C(=O)C(N)CC3C2)nc1-c1ccccc1F. The monoisotopic (exact) mass is 341 g/mol. The summed E-state index contributed by atoms with van der Waals surface area (Å²) in [6.07, 6.45) is 2.38. The van der Waals surface area contributed by atoms with Gasteiger partial charge in [-0.25, -0.2) is 14.4 Å². The lowest BCUT2D eigenvalue weighted by atomic mass is 10.1. The molecule has 2 fully saturated rings. The summed E-state index contributed by atoms with van der Waals surface area (Å²) in [5.41, 5.74) is 7.77. The van der Waals surface area contributed by atoms with Crippen LogP contribution in [0.4, 0.5) is 10.3 Å². The molecule has 0 aliphatic carbocycles. The minimum Gasteiger partial charge on any atom is -0.337 e. The molecule has 2 N–H and O–H groups in total. The normalized spacial score (nSPS) is 23.1. The second kappa shape index (κ2) is 6.07. The van der Waals surface area contributed by atoms with Crippen molar-refractivity contribution in [2.24, 2.45) is 5.73 Å². The molecule has 1 aromatic carbocycles. The third-order valence-corrected chi connectivity index (χ3v) is 4.98. The largest absolute Gasteiger partial charge is 0.337 e. The number of hydrogen-bond acceptors (Lipinski definition) is 5. The highest BCUT2D eigenvalue weighted by Crippen LogP contribution is 2.28. The van der Waals surface area contributed by atoms with E-state index in [-0.39, 0.29) is 17.8 Å². The molecule has 1 aromatic heterocycles. The molecule has 1 amide bonds. The number of anilines is 1. The predicted octanol–water partition coefficient (Wildman–Crippen LogP) is 1.34. The summed E-state index contributed by atoms with van der Waals surface area (Å²) in [6, 6.07) is 6.30. The van der Waals surface area contributed by atoms with Crippen LogP contribution in [0, 0.1) is 12.7 Å². The number of amides is 1. The lowest BCUT2D eigenvalue weighted by Crippen LogP contribution is -2.52. The van der Waals surface area contributed by atoms with Gasteiger partial charge in [0.2, 0.25) is 11.9 Å². The summed E-state index contributed by atoms with van der Waals surface area (Å²) in [5.74, 6) is 0.297. The Balaban J connectivity index is 1.63. The average molecular weight is 341 g/mol. The lowest BCUT2D eigenvalue weighted by Gasteiger charge is -2.37. The third-order valence-electron chi connectivity index (χ3n) is 4.98. The zero-order valence-corrected chi connectivity index (χ0v) is 14.0. The van der Waals surface area contributed by atoms with E-state index in [2.05, 4.69) is 14.9 Å². The first-order valence-electron chi connectivity index (χ1n) is 8.44. The summed E-state index contributed by atoms with van der Waals surface area (Å²) in [5, 5.41) is 0. The fourth-order valence-electron chi connectivity index (χ4n) is 3.65. The van der Waals surface area contributed by atoms with Crippen LogP contribution >= 0.6 is 0 Å². The van der Waals surface area contributed by atoms with Crippen molar-refractivity contribution in [1.29, 1.82) is 0 Å². The Morgan fingerprint density at radius 1 is 1.28 bits per heavy atom. The fourth-order valence-corrected chi connectivity index (χ4v) is 3.65. The summed E-state index contributed by atoms with van der Waals surface area (Å²) < 4.78 is 14.2. The van der Waals surface area contributed by atoms with Crippen molar-refractivity contribution in [3.63, 3.8) is 0 Å². The number of aromatic nitrogens is 2. The van der Waals surface area contributed by atoms with Crippen molar-refractivity contribution in [1.82, 2.24) is 14.9 Å². The number of fused-ring (bicyclic) bond motifs is 1. The number of nitrogens with two attached hydrogens (primary N) is 1. The van der Waals surface area contributed by atoms with E-state index in [1.165, 1.54) is 6.07 Å². The van der Waals surface area contributed by atoms with Crippen molar-refractivity contribution in [3.8, 4) is 11.3 Å². The van der Waals surface area contributed by atoms with E-state index in [1.807, 2.05) is 11.8 Å². The van der Waals surface area contributed by atoms with Gasteiger partial charge in [0.05, 0.1) is 17.8 Å². The molecule has 2 atom stereocenters. The molecular weight excluding hydrogens is 321 g/mol. The van der Waals surface area contributed by atoms with Crippen LogP contribution in [-0.4, -0.2) is 52.5 Å². The maximum Gasteiger partial charge on any atom is 0.239 e. The van der Waals surface area contributed by atoms with Crippen LogP contribution in [0.25, 0.3) is 11.3 Å². The number of piperazine rings is 1. The highest BCUT2D eigenvalue weighted by Gasteiger charge is 2.41. The van der Waals surface area contributed by atoms with Gasteiger partial charge >= 0.3 is 0 Å². The zero-order chi connectivity index (χ0) is 17.6. The molecule has 2 unspecified atom stereocenters. The van der Waals surface area contributed by atoms with Crippen LogP contribution in [0.5, 0.6) is 0 Å². The standard InChI is InChI=1S/C18H20FN5O/c1-11-9-21-18(22-16(11)13-4-2-3-5-14(13)19)23-6-7-24-12(10-23)8-15(20)17(24)25/h2-5,9,12,15H,6-8,10,20H2,1H3. The number of rotatable bonds is 2. The van der Waals surface area contributed by atoms with Gasteiger partial charge in [0.1, 0.15) is 5.82 Å². The van der Waals surface area contributed by atoms with Gasteiger partial charge in [-0.2, -0.15) is 0 Å². The maximum absolute atomic E-state index is 14.2. The molecule has 2 aliphatic heterocycles. The summed E-state index contributed by atoms with van der Waals surface area (Å²) >= 11 is 0. The topological polar surface area (TPSA) is 75.4 Å². The fraction of sp³-hybridized carbons (Fsp3) is 0.389. The van der Waals surface area contributed by atoms with Crippen LogP contribution in [0.15, 0.2) is 30.5 Å². The molecule has 2 aliphatic rings. The van der Waals surface area contributed by atoms with Gasteiger partial charge in [-0.1, -0.05) is 12.1 Å². The van der Waals surface area contributed by atoms with Crippen LogP contribution in [0.3, 0.4) is 0 Å². The molecule has 0 bridgehead atoms. The maximum atomic E-state index is 14.2. The minimum absolute atomic E-state index is 0.0292. The van der Waals surface area contributed by atoms with E-state index in [9.17, 15) is 9.18 Å². The van der Waals surface area contributed by atoms with E-state index in [0.717, 1.165) is 5.56 Å². The first-order chi connectivity index (χ1) is 12.0. The molecule has 6 nitrogen and oxygen atoms in total. The van der Waals surface area contributed by atoms with Crippen LogP contribution in [0.1, 0.15) is 12.0 Å². The Kier molecular flexibility index (Phi) is 3.88. The summed E-state index contributed by atoms with van der Waals surface area (Å²) in [7, 11) is 0. The number of hydrogen-bond donors (Lipinski definition) is 1. The number of benzene rings is 1. The van der Waals surface area contributed by atoms with Gasteiger partial charge in [-0.3, -0.25) is 4.79 Å². The highest BCUT2D eigenvalue weighted by molar-refractivity contribution is 5.84. The molecule has 0 radical (unpaired) electrons. The van der Waals surface area contributed by atoms with Crippen molar-refractivity contribution in [2.45, 2.75) is 25.4 Å². The Morgan fingerprint density at radius 3 is 2.88 bits per heavy atom. The predicted molar refractivity (Wildman–Crippen MR) is 92.5 cm³/mol. The number of carbonyl (C=O) groups is 1. The Bertz CT molecular complexity index is 827. The first kappa shape index (κ1) is 16.0. The number of carbonyl (C=O) groups excluding carboxylic acids is 1. The van der Waals surface area contributed by atoms with Gasteiger partial charge in [0.15, 0.2) is 0 Å². The van der Waals surface area contributed by atoms with Crippen LogP contribution in [0.2, 0.25) is 0 Å². The molecule has 130 valence electrons. The number of halogens is 1. The zero-order valence-electron chi connectivity index (χ0n) is 14.0. The van der Waals surface area contributed by atoms with E-state index in [1.54, 1.807) is 24.4 Å². The first-order valence-corrected chi connectivity index (χ1v) is 8.44. The molecule has 25 heavy (non-hydrogen) atoms. The molecule has 0 spiro atoms.